The predicted molar refractivity (Wildman–Crippen MR) is 47.3 cm³/mol. The molecule has 2 rings (SSSR count). The minimum atomic E-state index is 1.08. The molecule has 1 aromatic carbocycles. The van der Waals surface area contributed by atoms with Gasteiger partial charge in [0, 0.05) is 5.52 Å². The highest BCUT2D eigenvalue weighted by Gasteiger charge is 1.91. The first-order valence-electron chi connectivity index (χ1n) is 3.38. The zero-order chi connectivity index (χ0) is 6.97. The van der Waals surface area contributed by atoms with Crippen LogP contribution < -0.4 is 0 Å². The zero-order valence-electron chi connectivity index (χ0n) is 5.91. The van der Waals surface area contributed by atoms with Crippen molar-refractivity contribution in [1.82, 2.24) is 4.23 Å². The number of benzene rings is 1. The van der Waals surface area contributed by atoms with Crippen LogP contribution in [0.1, 0.15) is 0 Å². The summed E-state index contributed by atoms with van der Waals surface area (Å²) in [5.41, 5.74) is 1.36. The average Bonchev–Trinajstić information content (AvgIpc) is 2.34. The molecular formula is C8H9NSi. The molecule has 0 saturated carbocycles. The average molecular weight is 147 g/mol. The third-order valence-corrected chi connectivity index (χ3v) is 2.57. The number of aromatic nitrogens is 1. The number of rotatable bonds is 0. The maximum absolute atomic E-state index is 2.26. The highest BCUT2D eigenvalue weighted by molar-refractivity contribution is 6.11. The summed E-state index contributed by atoms with van der Waals surface area (Å²) in [6.07, 6.45) is 2.14. The molecule has 2 heteroatoms. The van der Waals surface area contributed by atoms with Gasteiger partial charge in [0.25, 0.3) is 0 Å². The number of nitrogens with zero attached hydrogens (tertiary/aromatic N) is 1. The molecule has 1 nitrogen and oxygen atoms in total. The highest BCUT2D eigenvalue weighted by atomic mass is 28.2. The van der Waals surface area contributed by atoms with Crippen LogP contribution in [-0.4, -0.2) is 14.6 Å². The summed E-state index contributed by atoms with van der Waals surface area (Å²) in [4.78, 5) is 0. The quantitative estimate of drug-likeness (QED) is 0.485. The molecule has 0 atom stereocenters. The lowest BCUT2D eigenvalue weighted by Crippen LogP contribution is -1.85. The third-order valence-electron chi connectivity index (χ3n) is 1.79. The van der Waals surface area contributed by atoms with Crippen molar-refractivity contribution in [2.24, 2.45) is 0 Å². The van der Waals surface area contributed by atoms with Crippen molar-refractivity contribution in [2.75, 3.05) is 0 Å². The minimum absolute atomic E-state index is 1.08. The largest absolute Gasteiger partial charge is 0.383 e. The van der Waals surface area contributed by atoms with Crippen molar-refractivity contribution in [2.45, 2.75) is 0 Å². The molecule has 0 saturated heterocycles. The van der Waals surface area contributed by atoms with Crippen LogP contribution in [0.4, 0.5) is 0 Å². The van der Waals surface area contributed by atoms with Crippen molar-refractivity contribution >= 4 is 21.3 Å². The monoisotopic (exact) mass is 147 g/mol. The molecule has 0 N–H and O–H groups in total. The maximum Gasteiger partial charge on any atom is 0.113 e. The summed E-state index contributed by atoms with van der Waals surface area (Å²) in [5.74, 6) is 0. The topological polar surface area (TPSA) is 4.93 Å². The summed E-state index contributed by atoms with van der Waals surface area (Å²) in [5, 5.41) is 1.34. The molecule has 10 heavy (non-hydrogen) atoms. The molecule has 0 aliphatic heterocycles. The predicted octanol–water partition coefficient (Wildman–Crippen LogP) is 0.770. The number of fused-ring (bicyclic) bond motifs is 1. The Balaban J connectivity index is 2.93. The Morgan fingerprint density at radius 2 is 1.90 bits per heavy atom. The molecule has 0 bridgehead atoms. The van der Waals surface area contributed by atoms with E-state index in [1.165, 1.54) is 10.9 Å². The van der Waals surface area contributed by atoms with Crippen molar-refractivity contribution in [1.29, 1.82) is 0 Å². The summed E-state index contributed by atoms with van der Waals surface area (Å²) in [7, 11) is 1.08. The van der Waals surface area contributed by atoms with Crippen LogP contribution in [0.3, 0.4) is 0 Å². The summed E-state index contributed by atoms with van der Waals surface area (Å²) in [6, 6.07) is 10.6. The fourth-order valence-corrected chi connectivity index (χ4v) is 1.78. The first-order valence-corrected chi connectivity index (χ1v) is 4.27. The molecule has 0 aliphatic rings. The Morgan fingerprint density at radius 1 is 1.10 bits per heavy atom. The number of hydrogen-bond donors (Lipinski definition) is 0. The van der Waals surface area contributed by atoms with Crippen LogP contribution >= 0.6 is 0 Å². The molecule has 1 aromatic heterocycles. The van der Waals surface area contributed by atoms with E-state index >= 15 is 0 Å². The highest BCUT2D eigenvalue weighted by Crippen LogP contribution is 2.12. The molecule has 0 amide bonds. The Labute approximate surface area is 62.8 Å². The van der Waals surface area contributed by atoms with Gasteiger partial charge < -0.3 is 4.23 Å². The summed E-state index contributed by atoms with van der Waals surface area (Å²) in [6.45, 7) is 0. The van der Waals surface area contributed by atoms with Crippen LogP contribution in [-0.2, 0) is 0 Å². The Kier molecular flexibility index (Phi) is 1.14. The van der Waals surface area contributed by atoms with E-state index in [0.717, 1.165) is 10.4 Å². The van der Waals surface area contributed by atoms with Crippen molar-refractivity contribution in [3.05, 3.63) is 36.5 Å². The first-order chi connectivity index (χ1) is 4.88. The van der Waals surface area contributed by atoms with E-state index in [1.54, 1.807) is 0 Å². The molecule has 0 aliphatic carbocycles. The van der Waals surface area contributed by atoms with Gasteiger partial charge in [-0.15, -0.1) is 0 Å². The second kappa shape index (κ2) is 1.99. The van der Waals surface area contributed by atoms with Crippen LogP contribution in [0.5, 0.6) is 0 Å². The molecule has 0 fully saturated rings. The maximum atomic E-state index is 2.26. The minimum Gasteiger partial charge on any atom is -0.383 e. The van der Waals surface area contributed by atoms with E-state index < -0.39 is 0 Å². The second-order valence-electron chi connectivity index (χ2n) is 2.49. The van der Waals surface area contributed by atoms with E-state index in [-0.39, 0.29) is 0 Å². The SMILES string of the molecule is [SiH3]n1ccc2ccccc21. The Hall–Kier alpha value is -1.02. The van der Waals surface area contributed by atoms with Crippen molar-refractivity contribution in [3.8, 4) is 0 Å². The van der Waals surface area contributed by atoms with Gasteiger partial charge in [-0.3, -0.25) is 0 Å². The molecule has 0 unspecified atom stereocenters. The lowest BCUT2D eigenvalue weighted by Gasteiger charge is -1.92. The van der Waals surface area contributed by atoms with Gasteiger partial charge in [-0.1, -0.05) is 18.2 Å². The van der Waals surface area contributed by atoms with Gasteiger partial charge in [-0.05, 0) is 23.7 Å². The fourth-order valence-electron chi connectivity index (χ4n) is 1.22. The summed E-state index contributed by atoms with van der Waals surface area (Å²) < 4.78 is 2.26. The van der Waals surface area contributed by atoms with E-state index in [2.05, 4.69) is 40.8 Å². The van der Waals surface area contributed by atoms with E-state index in [9.17, 15) is 0 Å². The lowest BCUT2D eigenvalue weighted by atomic mass is 10.3. The van der Waals surface area contributed by atoms with Gasteiger partial charge in [-0.2, -0.15) is 0 Å². The van der Waals surface area contributed by atoms with Crippen molar-refractivity contribution < 1.29 is 0 Å². The molecule has 2 aromatic rings. The molecule has 1 heterocycles. The second-order valence-corrected chi connectivity index (χ2v) is 3.45. The van der Waals surface area contributed by atoms with Gasteiger partial charge in [0.05, 0.1) is 0 Å². The van der Waals surface area contributed by atoms with Gasteiger partial charge in [-0.25, -0.2) is 0 Å². The van der Waals surface area contributed by atoms with Gasteiger partial charge >= 0.3 is 0 Å². The normalized spacial score (nSPS) is 10.8. The zero-order valence-corrected chi connectivity index (χ0v) is 7.91. The van der Waals surface area contributed by atoms with Gasteiger partial charge in [0.15, 0.2) is 0 Å². The van der Waals surface area contributed by atoms with Gasteiger partial charge in [0.2, 0.25) is 0 Å². The van der Waals surface area contributed by atoms with E-state index in [1.807, 2.05) is 0 Å². The van der Waals surface area contributed by atoms with Crippen LogP contribution in [0.25, 0.3) is 10.9 Å². The summed E-state index contributed by atoms with van der Waals surface area (Å²) >= 11 is 0. The Morgan fingerprint density at radius 3 is 2.70 bits per heavy atom. The van der Waals surface area contributed by atoms with Gasteiger partial charge in [0.1, 0.15) is 10.4 Å². The van der Waals surface area contributed by atoms with Crippen LogP contribution in [0.15, 0.2) is 36.5 Å². The number of para-hydroxylation sites is 1. The molecule has 0 radical (unpaired) electrons. The molecule has 0 spiro atoms. The van der Waals surface area contributed by atoms with Crippen LogP contribution in [0.2, 0.25) is 0 Å². The third kappa shape index (κ3) is 0.692. The van der Waals surface area contributed by atoms with Crippen LogP contribution in [0, 0.1) is 0 Å². The van der Waals surface area contributed by atoms with Crippen molar-refractivity contribution in [3.63, 3.8) is 0 Å². The smallest absolute Gasteiger partial charge is 0.113 e. The van der Waals surface area contributed by atoms with E-state index in [4.69, 9.17) is 0 Å². The first kappa shape index (κ1) is 5.74. The standard InChI is InChI=1S/C8H9NSi/c10-9-6-5-7-3-1-2-4-8(7)9/h1-6H,10H3. The number of hydrogen-bond acceptors (Lipinski definition) is 0. The lowest BCUT2D eigenvalue weighted by molar-refractivity contribution is 1.32. The fraction of sp³-hybridized carbons (Fsp3) is 0. The Bertz CT molecular complexity index is 351. The van der Waals surface area contributed by atoms with E-state index in [0.29, 0.717) is 0 Å². The molecule has 50 valence electrons. The molecular weight excluding hydrogens is 138 g/mol.